The molecular weight excluding hydrogens is 457 g/mol. The lowest BCUT2D eigenvalue weighted by Gasteiger charge is -2.24. The predicted octanol–water partition coefficient (Wildman–Crippen LogP) is 2.94. The second kappa shape index (κ2) is 13.2. The zero-order chi connectivity index (χ0) is 18.8. The minimum atomic E-state index is 0. The molecule has 1 aliphatic heterocycles. The molecule has 27 heavy (non-hydrogen) atoms. The lowest BCUT2D eigenvalue weighted by Crippen LogP contribution is -2.43. The molecule has 1 aliphatic rings. The van der Waals surface area contributed by atoms with Crippen LogP contribution in [0.25, 0.3) is 0 Å². The number of hydrogen-bond donors (Lipinski definition) is 1. The monoisotopic (exact) mass is 491 g/mol. The molecule has 1 N–H and O–H groups in total. The summed E-state index contributed by atoms with van der Waals surface area (Å²) in [4.78, 5) is 6.72. The summed E-state index contributed by atoms with van der Waals surface area (Å²) in [5, 5.41) is 3.43. The van der Waals surface area contributed by atoms with Crippen LogP contribution in [-0.2, 0) is 9.47 Å². The highest BCUT2D eigenvalue weighted by Gasteiger charge is 2.25. The summed E-state index contributed by atoms with van der Waals surface area (Å²) in [7, 11) is 3.52. The molecule has 2 atom stereocenters. The highest BCUT2D eigenvalue weighted by molar-refractivity contribution is 14.0. The standard InChI is InChI=1S/C20H33N3O3.HI/c1-16-6-5-7-19(12-16)26-17(2)13-22-20(21-3)23-9-8-18(14-23)15-25-11-10-24-4;/h5-7,12,17-18H,8-11,13-15H2,1-4H3,(H,21,22);1H. The fraction of sp³-hybridized carbons (Fsp3) is 0.650. The molecule has 0 amide bonds. The van der Waals surface area contributed by atoms with Gasteiger partial charge in [-0.25, -0.2) is 0 Å². The van der Waals surface area contributed by atoms with Crippen LogP contribution < -0.4 is 10.1 Å². The quantitative estimate of drug-likeness (QED) is 0.249. The molecule has 0 spiro atoms. The summed E-state index contributed by atoms with van der Waals surface area (Å²) >= 11 is 0. The fourth-order valence-corrected chi connectivity index (χ4v) is 3.08. The van der Waals surface area contributed by atoms with Gasteiger partial charge < -0.3 is 24.4 Å². The summed E-state index contributed by atoms with van der Waals surface area (Å²) < 4.78 is 16.7. The Bertz CT molecular complexity index is 571. The Morgan fingerprint density at radius 1 is 1.37 bits per heavy atom. The third-order valence-corrected chi connectivity index (χ3v) is 4.46. The summed E-state index contributed by atoms with van der Waals surface area (Å²) in [5.74, 6) is 2.39. The van der Waals surface area contributed by atoms with Gasteiger partial charge in [0.15, 0.2) is 5.96 Å². The van der Waals surface area contributed by atoms with Gasteiger partial charge in [-0.2, -0.15) is 0 Å². The largest absolute Gasteiger partial charge is 0.489 e. The molecule has 7 heteroatoms. The zero-order valence-electron chi connectivity index (χ0n) is 16.9. The van der Waals surface area contributed by atoms with Crippen LogP contribution in [-0.4, -0.2) is 70.6 Å². The zero-order valence-corrected chi connectivity index (χ0v) is 19.3. The van der Waals surface area contributed by atoms with Crippen molar-refractivity contribution in [2.45, 2.75) is 26.4 Å². The van der Waals surface area contributed by atoms with E-state index in [1.165, 1.54) is 5.56 Å². The van der Waals surface area contributed by atoms with Crippen LogP contribution in [0.15, 0.2) is 29.3 Å². The molecule has 1 aromatic rings. The highest BCUT2D eigenvalue weighted by atomic mass is 127. The average molecular weight is 491 g/mol. The number of rotatable bonds is 9. The normalized spacial score (nSPS) is 18.1. The first-order valence-corrected chi connectivity index (χ1v) is 9.38. The van der Waals surface area contributed by atoms with Crippen LogP contribution >= 0.6 is 24.0 Å². The van der Waals surface area contributed by atoms with Gasteiger partial charge in [-0.3, -0.25) is 4.99 Å². The first-order valence-electron chi connectivity index (χ1n) is 9.38. The van der Waals surface area contributed by atoms with Gasteiger partial charge in [-0.05, 0) is 38.0 Å². The van der Waals surface area contributed by atoms with E-state index in [1.807, 2.05) is 19.2 Å². The topological polar surface area (TPSA) is 55.3 Å². The van der Waals surface area contributed by atoms with E-state index in [4.69, 9.17) is 14.2 Å². The van der Waals surface area contributed by atoms with Crippen molar-refractivity contribution < 1.29 is 14.2 Å². The third-order valence-electron chi connectivity index (χ3n) is 4.46. The van der Waals surface area contributed by atoms with Crippen molar-refractivity contribution >= 4 is 29.9 Å². The maximum absolute atomic E-state index is 5.98. The molecule has 0 radical (unpaired) electrons. The molecule has 2 rings (SSSR count). The van der Waals surface area contributed by atoms with Crippen LogP contribution in [0, 0.1) is 12.8 Å². The van der Waals surface area contributed by atoms with Crippen LogP contribution in [0.2, 0.25) is 0 Å². The number of ether oxygens (including phenoxy) is 3. The summed E-state index contributed by atoms with van der Waals surface area (Å²) in [5.41, 5.74) is 1.20. The van der Waals surface area contributed by atoms with E-state index in [0.29, 0.717) is 25.7 Å². The van der Waals surface area contributed by atoms with E-state index >= 15 is 0 Å². The van der Waals surface area contributed by atoms with E-state index in [9.17, 15) is 0 Å². The number of hydrogen-bond acceptors (Lipinski definition) is 4. The van der Waals surface area contributed by atoms with Crippen LogP contribution in [0.1, 0.15) is 18.9 Å². The Labute approximate surface area is 180 Å². The number of nitrogens with zero attached hydrogens (tertiary/aromatic N) is 2. The molecule has 6 nitrogen and oxygen atoms in total. The van der Waals surface area contributed by atoms with Crippen molar-refractivity contribution in [2.75, 3.05) is 53.6 Å². The lowest BCUT2D eigenvalue weighted by molar-refractivity contribution is 0.0536. The molecule has 1 aromatic carbocycles. The number of methoxy groups -OCH3 is 1. The minimum absolute atomic E-state index is 0. The Morgan fingerprint density at radius 3 is 2.89 bits per heavy atom. The Hall–Kier alpha value is -1.06. The summed E-state index contributed by atoms with van der Waals surface area (Å²) in [6, 6.07) is 8.14. The van der Waals surface area contributed by atoms with Crippen molar-refractivity contribution in [1.29, 1.82) is 0 Å². The fourth-order valence-electron chi connectivity index (χ4n) is 3.08. The lowest BCUT2D eigenvalue weighted by atomic mass is 10.1. The van der Waals surface area contributed by atoms with Gasteiger partial charge in [0.2, 0.25) is 0 Å². The maximum atomic E-state index is 5.98. The molecule has 1 fully saturated rings. The summed E-state index contributed by atoms with van der Waals surface area (Å²) in [6.07, 6.45) is 1.19. The van der Waals surface area contributed by atoms with Crippen molar-refractivity contribution in [3.63, 3.8) is 0 Å². The highest BCUT2D eigenvalue weighted by Crippen LogP contribution is 2.17. The predicted molar refractivity (Wildman–Crippen MR) is 120 cm³/mol. The number of nitrogens with one attached hydrogen (secondary N) is 1. The van der Waals surface area contributed by atoms with E-state index in [1.54, 1.807) is 7.11 Å². The van der Waals surface area contributed by atoms with Crippen LogP contribution in [0.5, 0.6) is 5.75 Å². The van der Waals surface area contributed by atoms with Gasteiger partial charge in [0.25, 0.3) is 0 Å². The van der Waals surface area contributed by atoms with Crippen molar-refractivity contribution in [1.82, 2.24) is 10.2 Å². The molecular formula is C20H34IN3O3. The number of likely N-dealkylation sites (tertiary alicyclic amines) is 1. The average Bonchev–Trinajstić information content (AvgIpc) is 3.08. The molecule has 0 saturated carbocycles. The number of aliphatic imine (C=N–C) groups is 1. The number of benzene rings is 1. The number of halogens is 1. The molecule has 1 heterocycles. The van der Waals surface area contributed by atoms with Crippen molar-refractivity contribution in [3.8, 4) is 5.75 Å². The van der Waals surface area contributed by atoms with Gasteiger partial charge >= 0.3 is 0 Å². The van der Waals surface area contributed by atoms with E-state index < -0.39 is 0 Å². The van der Waals surface area contributed by atoms with Crippen molar-refractivity contribution in [2.24, 2.45) is 10.9 Å². The second-order valence-corrected chi connectivity index (χ2v) is 6.84. The maximum Gasteiger partial charge on any atom is 0.193 e. The summed E-state index contributed by atoms with van der Waals surface area (Å²) in [6.45, 7) is 8.92. The molecule has 2 unspecified atom stereocenters. The van der Waals surface area contributed by atoms with E-state index in [0.717, 1.165) is 37.8 Å². The molecule has 0 aromatic heterocycles. The minimum Gasteiger partial charge on any atom is -0.489 e. The van der Waals surface area contributed by atoms with Gasteiger partial charge in [0, 0.05) is 33.2 Å². The first kappa shape index (κ1) is 24.0. The van der Waals surface area contributed by atoms with Gasteiger partial charge in [-0.1, -0.05) is 12.1 Å². The van der Waals surface area contributed by atoms with E-state index in [2.05, 4.69) is 41.2 Å². The number of guanidine groups is 1. The molecule has 154 valence electrons. The van der Waals surface area contributed by atoms with Gasteiger partial charge in [0.1, 0.15) is 11.9 Å². The van der Waals surface area contributed by atoms with Crippen molar-refractivity contribution in [3.05, 3.63) is 29.8 Å². The Kier molecular flexibility index (Phi) is 11.7. The molecule has 0 aliphatic carbocycles. The van der Waals surface area contributed by atoms with Crippen LogP contribution in [0.4, 0.5) is 0 Å². The Balaban J connectivity index is 0.00000364. The molecule has 0 bridgehead atoms. The Morgan fingerprint density at radius 2 is 2.19 bits per heavy atom. The third kappa shape index (κ3) is 8.66. The first-order chi connectivity index (χ1) is 12.6. The number of aryl methyl sites for hydroxylation is 1. The SMILES string of the molecule is CN=C(NCC(C)Oc1cccc(C)c1)N1CCC(COCCOC)C1.I. The van der Waals surface area contributed by atoms with Crippen LogP contribution in [0.3, 0.4) is 0 Å². The van der Waals surface area contributed by atoms with Gasteiger partial charge in [-0.15, -0.1) is 24.0 Å². The van der Waals surface area contributed by atoms with E-state index in [-0.39, 0.29) is 30.1 Å². The van der Waals surface area contributed by atoms with Gasteiger partial charge in [0.05, 0.1) is 26.4 Å². The molecule has 1 saturated heterocycles. The smallest absolute Gasteiger partial charge is 0.193 e. The second-order valence-electron chi connectivity index (χ2n) is 6.84.